The Balaban J connectivity index is 2.34. The van der Waals surface area contributed by atoms with Gasteiger partial charge in [0.15, 0.2) is 0 Å². The molecule has 2 aromatic carbocycles. The van der Waals surface area contributed by atoms with E-state index in [2.05, 4.69) is 31.2 Å². The highest BCUT2D eigenvalue weighted by atomic mass is 16.1. The lowest BCUT2D eigenvalue weighted by Crippen LogP contribution is -1.96. The zero-order valence-corrected chi connectivity index (χ0v) is 10.1. The molecule has 0 N–H and O–H groups in total. The van der Waals surface area contributed by atoms with Crippen molar-refractivity contribution in [1.82, 2.24) is 0 Å². The van der Waals surface area contributed by atoms with Crippen LogP contribution in [0, 0.1) is 13.8 Å². The standard InChI is InChI=1S/C16H14O/c1-10-11(2)15-7-12-5-3-4-6-14(12)16(15)8-13(10)9-17/h3-6,8-9H,7H2,1-2H3. The van der Waals surface area contributed by atoms with Crippen molar-refractivity contribution in [2.75, 3.05) is 0 Å². The SMILES string of the molecule is Cc1c(C=O)cc2c(c1C)Cc1ccccc1-2. The molecule has 0 aromatic heterocycles. The van der Waals surface area contributed by atoms with Crippen LogP contribution in [0.25, 0.3) is 11.1 Å². The van der Waals surface area contributed by atoms with Gasteiger partial charge >= 0.3 is 0 Å². The molecule has 0 atom stereocenters. The Hall–Kier alpha value is -1.89. The van der Waals surface area contributed by atoms with Crippen molar-refractivity contribution in [3.63, 3.8) is 0 Å². The minimum Gasteiger partial charge on any atom is -0.298 e. The number of carbonyl (C=O) groups excluding carboxylic acids is 1. The first-order chi connectivity index (χ1) is 8.22. The van der Waals surface area contributed by atoms with Crippen LogP contribution in [0.1, 0.15) is 32.6 Å². The Kier molecular flexibility index (Phi) is 2.15. The fourth-order valence-corrected chi connectivity index (χ4v) is 2.71. The summed E-state index contributed by atoms with van der Waals surface area (Å²) in [5, 5.41) is 0. The molecule has 84 valence electrons. The summed E-state index contributed by atoms with van der Waals surface area (Å²) in [6, 6.07) is 10.5. The number of carbonyl (C=O) groups is 1. The van der Waals surface area contributed by atoms with Gasteiger partial charge in [0.25, 0.3) is 0 Å². The first-order valence-corrected chi connectivity index (χ1v) is 5.89. The molecule has 0 amide bonds. The van der Waals surface area contributed by atoms with Crippen LogP contribution in [-0.4, -0.2) is 6.29 Å². The van der Waals surface area contributed by atoms with Crippen LogP contribution in [0.4, 0.5) is 0 Å². The van der Waals surface area contributed by atoms with Gasteiger partial charge in [-0.25, -0.2) is 0 Å². The van der Waals surface area contributed by atoms with Gasteiger partial charge in [0.1, 0.15) is 6.29 Å². The molecule has 0 radical (unpaired) electrons. The highest BCUT2D eigenvalue weighted by Gasteiger charge is 2.21. The number of rotatable bonds is 1. The maximum atomic E-state index is 11.1. The molecule has 1 aliphatic carbocycles. The normalized spacial score (nSPS) is 12.1. The van der Waals surface area contributed by atoms with Gasteiger partial charge in [-0.15, -0.1) is 0 Å². The van der Waals surface area contributed by atoms with Gasteiger partial charge in [0.2, 0.25) is 0 Å². The van der Waals surface area contributed by atoms with Crippen molar-refractivity contribution in [3.8, 4) is 11.1 Å². The number of fused-ring (bicyclic) bond motifs is 3. The molecule has 1 heteroatoms. The molecule has 3 rings (SSSR count). The van der Waals surface area contributed by atoms with Crippen LogP contribution in [0.5, 0.6) is 0 Å². The average molecular weight is 222 g/mol. The van der Waals surface area contributed by atoms with Crippen molar-refractivity contribution >= 4 is 6.29 Å². The topological polar surface area (TPSA) is 17.1 Å². The smallest absolute Gasteiger partial charge is 0.150 e. The molecular formula is C16H14O. The Morgan fingerprint density at radius 1 is 1.06 bits per heavy atom. The Morgan fingerprint density at radius 3 is 2.59 bits per heavy atom. The van der Waals surface area contributed by atoms with E-state index in [1.807, 2.05) is 13.0 Å². The molecule has 17 heavy (non-hydrogen) atoms. The average Bonchev–Trinajstić information content (AvgIpc) is 2.72. The summed E-state index contributed by atoms with van der Waals surface area (Å²) in [6.45, 7) is 4.15. The third kappa shape index (κ3) is 1.35. The summed E-state index contributed by atoms with van der Waals surface area (Å²) < 4.78 is 0. The minimum atomic E-state index is 0.818. The first kappa shape index (κ1) is 10.3. The van der Waals surface area contributed by atoms with Gasteiger partial charge < -0.3 is 0 Å². The van der Waals surface area contributed by atoms with Crippen molar-refractivity contribution < 1.29 is 4.79 Å². The predicted octanol–water partition coefficient (Wildman–Crippen LogP) is 3.69. The summed E-state index contributed by atoms with van der Waals surface area (Å²) in [5.41, 5.74) is 8.48. The van der Waals surface area contributed by atoms with Gasteiger partial charge in [0, 0.05) is 5.56 Å². The minimum absolute atomic E-state index is 0.818. The number of hydrogen-bond donors (Lipinski definition) is 0. The van der Waals surface area contributed by atoms with Gasteiger partial charge in [-0.05, 0) is 59.7 Å². The molecule has 1 aliphatic rings. The molecule has 0 spiro atoms. The largest absolute Gasteiger partial charge is 0.298 e. The van der Waals surface area contributed by atoms with Gasteiger partial charge in [0.05, 0.1) is 0 Å². The molecule has 0 unspecified atom stereocenters. The fourth-order valence-electron chi connectivity index (χ4n) is 2.71. The van der Waals surface area contributed by atoms with E-state index < -0.39 is 0 Å². The van der Waals surface area contributed by atoms with E-state index in [-0.39, 0.29) is 0 Å². The Morgan fingerprint density at radius 2 is 1.82 bits per heavy atom. The highest BCUT2D eigenvalue weighted by molar-refractivity contribution is 5.86. The summed E-state index contributed by atoms with van der Waals surface area (Å²) in [7, 11) is 0. The maximum Gasteiger partial charge on any atom is 0.150 e. The van der Waals surface area contributed by atoms with E-state index in [0.29, 0.717) is 0 Å². The van der Waals surface area contributed by atoms with Crippen LogP contribution in [-0.2, 0) is 6.42 Å². The lowest BCUT2D eigenvalue weighted by Gasteiger charge is -2.10. The molecule has 1 nitrogen and oxygen atoms in total. The second-order valence-electron chi connectivity index (χ2n) is 4.69. The molecule has 0 fully saturated rings. The fraction of sp³-hybridized carbons (Fsp3) is 0.188. The third-order valence-electron chi connectivity index (χ3n) is 3.87. The number of hydrogen-bond acceptors (Lipinski definition) is 1. The molecular weight excluding hydrogens is 208 g/mol. The van der Waals surface area contributed by atoms with E-state index in [9.17, 15) is 4.79 Å². The van der Waals surface area contributed by atoms with Crippen molar-refractivity contribution in [1.29, 1.82) is 0 Å². The van der Waals surface area contributed by atoms with Crippen LogP contribution in [0.15, 0.2) is 30.3 Å². The lowest BCUT2D eigenvalue weighted by atomic mass is 9.94. The summed E-state index contributed by atoms with van der Waals surface area (Å²) in [4.78, 5) is 11.1. The van der Waals surface area contributed by atoms with E-state index in [1.54, 1.807) is 0 Å². The van der Waals surface area contributed by atoms with Crippen LogP contribution in [0.3, 0.4) is 0 Å². The van der Waals surface area contributed by atoms with Crippen molar-refractivity contribution in [2.24, 2.45) is 0 Å². The second-order valence-corrected chi connectivity index (χ2v) is 4.69. The highest BCUT2D eigenvalue weighted by Crippen LogP contribution is 2.39. The summed E-state index contributed by atoms with van der Waals surface area (Å²) in [6.07, 6.45) is 1.96. The van der Waals surface area contributed by atoms with E-state index in [1.165, 1.54) is 27.8 Å². The molecule has 0 saturated carbocycles. The molecule has 0 aliphatic heterocycles. The van der Waals surface area contributed by atoms with Crippen molar-refractivity contribution in [3.05, 3.63) is 58.1 Å². The van der Waals surface area contributed by atoms with E-state index in [0.717, 1.165) is 23.8 Å². The van der Waals surface area contributed by atoms with E-state index in [4.69, 9.17) is 0 Å². The molecule has 0 saturated heterocycles. The second kappa shape index (κ2) is 3.56. The Bertz CT molecular complexity index is 624. The van der Waals surface area contributed by atoms with Gasteiger partial charge in [-0.2, -0.15) is 0 Å². The monoisotopic (exact) mass is 222 g/mol. The van der Waals surface area contributed by atoms with Crippen LogP contribution >= 0.6 is 0 Å². The number of aldehydes is 1. The number of benzene rings is 2. The summed E-state index contributed by atoms with van der Waals surface area (Å²) >= 11 is 0. The third-order valence-corrected chi connectivity index (χ3v) is 3.87. The maximum absolute atomic E-state index is 11.1. The van der Waals surface area contributed by atoms with Gasteiger partial charge in [-0.3, -0.25) is 4.79 Å². The van der Waals surface area contributed by atoms with Crippen LogP contribution < -0.4 is 0 Å². The summed E-state index contributed by atoms with van der Waals surface area (Å²) in [5.74, 6) is 0. The van der Waals surface area contributed by atoms with Gasteiger partial charge in [-0.1, -0.05) is 24.3 Å². The predicted molar refractivity (Wildman–Crippen MR) is 69.5 cm³/mol. The lowest BCUT2D eigenvalue weighted by molar-refractivity contribution is 0.112. The molecule has 0 heterocycles. The molecule has 2 aromatic rings. The van der Waals surface area contributed by atoms with E-state index >= 15 is 0 Å². The molecule has 0 bridgehead atoms. The zero-order valence-electron chi connectivity index (χ0n) is 10.1. The zero-order chi connectivity index (χ0) is 12.0. The Labute approximate surface area is 101 Å². The first-order valence-electron chi connectivity index (χ1n) is 5.89. The quantitative estimate of drug-likeness (QED) is 0.574. The van der Waals surface area contributed by atoms with Crippen LogP contribution in [0.2, 0.25) is 0 Å². The van der Waals surface area contributed by atoms with Crippen molar-refractivity contribution in [2.45, 2.75) is 20.3 Å².